The molecule has 2 atom stereocenters. The van der Waals surface area contributed by atoms with Crippen LogP contribution < -0.4 is 0 Å². The number of allylic oxidation sites excluding steroid dienone is 2. The maximum atomic E-state index is 2.49. The molecule has 0 spiro atoms. The van der Waals surface area contributed by atoms with E-state index in [1.54, 1.807) is 0 Å². The maximum Gasteiger partial charge on any atom is -0.0260 e. The minimum Gasteiger partial charge on any atom is -0.0882 e. The first kappa shape index (κ1) is 7.39. The molecule has 0 unspecified atom stereocenters. The lowest BCUT2D eigenvalue weighted by Crippen LogP contribution is -2.31. The van der Waals surface area contributed by atoms with Gasteiger partial charge in [0.15, 0.2) is 0 Å². The van der Waals surface area contributed by atoms with Crippen LogP contribution in [0.5, 0.6) is 0 Å². The van der Waals surface area contributed by atoms with Crippen molar-refractivity contribution in [3.05, 3.63) is 12.2 Å². The van der Waals surface area contributed by atoms with Crippen LogP contribution in [0.3, 0.4) is 0 Å². The Labute approximate surface area is 69.7 Å². The van der Waals surface area contributed by atoms with Crippen LogP contribution in [0, 0.1) is 11.3 Å². The lowest BCUT2D eigenvalue weighted by Gasteiger charge is -2.43. The first-order valence-corrected chi connectivity index (χ1v) is 4.96. The summed E-state index contributed by atoms with van der Waals surface area (Å²) in [6.45, 7) is 2.49. The standard InChI is InChI=1S/C11H18/c1-11-8-4-2-6-10(11)7-3-5-9-11/h2,4,10H,3,5-9H2,1H3/t10-,11-/m1/s1. The molecule has 0 radical (unpaired) electrons. The zero-order valence-electron chi connectivity index (χ0n) is 7.47. The Balaban J connectivity index is 2.15. The fourth-order valence-electron chi connectivity index (χ4n) is 2.76. The summed E-state index contributed by atoms with van der Waals surface area (Å²) in [5.41, 5.74) is 0.688. The summed E-state index contributed by atoms with van der Waals surface area (Å²) in [4.78, 5) is 0. The number of rotatable bonds is 0. The molecule has 0 saturated heterocycles. The SMILES string of the molecule is C[C@]12CC=CC[C@@H]1CCCC2. The molecule has 11 heavy (non-hydrogen) atoms. The van der Waals surface area contributed by atoms with Crippen molar-refractivity contribution >= 4 is 0 Å². The van der Waals surface area contributed by atoms with E-state index in [9.17, 15) is 0 Å². The highest BCUT2D eigenvalue weighted by Crippen LogP contribution is 2.47. The van der Waals surface area contributed by atoms with E-state index < -0.39 is 0 Å². The molecular weight excluding hydrogens is 132 g/mol. The Morgan fingerprint density at radius 2 is 2.18 bits per heavy atom. The van der Waals surface area contributed by atoms with Gasteiger partial charge in [0.05, 0.1) is 0 Å². The lowest BCUT2D eigenvalue weighted by molar-refractivity contribution is 0.113. The smallest absolute Gasteiger partial charge is 0.0260 e. The molecule has 1 saturated carbocycles. The van der Waals surface area contributed by atoms with Crippen molar-refractivity contribution in [1.29, 1.82) is 0 Å². The molecule has 2 aliphatic rings. The van der Waals surface area contributed by atoms with E-state index in [-0.39, 0.29) is 0 Å². The van der Waals surface area contributed by atoms with Gasteiger partial charge in [-0.3, -0.25) is 0 Å². The molecule has 2 rings (SSSR count). The highest BCUT2D eigenvalue weighted by Gasteiger charge is 2.35. The predicted octanol–water partition coefficient (Wildman–Crippen LogP) is 3.53. The topological polar surface area (TPSA) is 0 Å². The van der Waals surface area contributed by atoms with Gasteiger partial charge in [0, 0.05) is 0 Å². The third-order valence-corrected chi connectivity index (χ3v) is 3.71. The molecule has 0 heterocycles. The van der Waals surface area contributed by atoms with Gasteiger partial charge in [0.1, 0.15) is 0 Å². The second-order valence-corrected chi connectivity index (χ2v) is 4.51. The molecule has 0 bridgehead atoms. The van der Waals surface area contributed by atoms with Gasteiger partial charge in [0.25, 0.3) is 0 Å². The lowest BCUT2D eigenvalue weighted by atomic mass is 9.63. The monoisotopic (exact) mass is 150 g/mol. The highest BCUT2D eigenvalue weighted by molar-refractivity contribution is 5.01. The van der Waals surface area contributed by atoms with Gasteiger partial charge in [-0.05, 0) is 37.0 Å². The second-order valence-electron chi connectivity index (χ2n) is 4.51. The zero-order valence-corrected chi connectivity index (χ0v) is 7.47. The van der Waals surface area contributed by atoms with Crippen LogP contribution in [0.1, 0.15) is 45.4 Å². The van der Waals surface area contributed by atoms with E-state index in [0.717, 1.165) is 5.92 Å². The van der Waals surface area contributed by atoms with Gasteiger partial charge in [-0.15, -0.1) is 0 Å². The maximum absolute atomic E-state index is 2.49. The van der Waals surface area contributed by atoms with Gasteiger partial charge in [-0.2, -0.15) is 0 Å². The Morgan fingerprint density at radius 3 is 3.00 bits per heavy atom. The van der Waals surface area contributed by atoms with Gasteiger partial charge in [0.2, 0.25) is 0 Å². The number of hydrogen-bond donors (Lipinski definition) is 0. The Morgan fingerprint density at radius 1 is 1.27 bits per heavy atom. The summed E-state index contributed by atoms with van der Waals surface area (Å²) in [5.74, 6) is 1.02. The van der Waals surface area contributed by atoms with E-state index in [1.165, 1.54) is 38.5 Å². The molecule has 62 valence electrons. The van der Waals surface area contributed by atoms with Crippen molar-refractivity contribution in [2.45, 2.75) is 45.4 Å². The average molecular weight is 150 g/mol. The zero-order chi connectivity index (χ0) is 7.73. The van der Waals surface area contributed by atoms with Crippen LogP contribution >= 0.6 is 0 Å². The second kappa shape index (κ2) is 2.66. The minimum atomic E-state index is 0.688. The molecule has 0 nitrogen and oxygen atoms in total. The molecule has 0 amide bonds. The largest absolute Gasteiger partial charge is 0.0882 e. The fraction of sp³-hybridized carbons (Fsp3) is 0.818. The molecule has 2 aliphatic carbocycles. The summed E-state index contributed by atoms with van der Waals surface area (Å²) in [5, 5.41) is 0. The molecule has 0 aliphatic heterocycles. The molecular formula is C11H18. The summed E-state index contributed by atoms with van der Waals surface area (Å²) >= 11 is 0. The fourth-order valence-corrected chi connectivity index (χ4v) is 2.76. The molecule has 0 heteroatoms. The van der Waals surface area contributed by atoms with Gasteiger partial charge >= 0.3 is 0 Å². The minimum absolute atomic E-state index is 0.688. The normalized spacial score (nSPS) is 43.5. The molecule has 1 fully saturated rings. The summed E-state index contributed by atoms with van der Waals surface area (Å²) in [6, 6.07) is 0. The van der Waals surface area contributed by atoms with Crippen LogP contribution in [0.2, 0.25) is 0 Å². The van der Waals surface area contributed by atoms with Gasteiger partial charge in [-0.1, -0.05) is 31.9 Å². The van der Waals surface area contributed by atoms with Crippen LogP contribution in [-0.4, -0.2) is 0 Å². The van der Waals surface area contributed by atoms with Crippen molar-refractivity contribution in [1.82, 2.24) is 0 Å². The molecule has 0 aromatic carbocycles. The predicted molar refractivity (Wildman–Crippen MR) is 48.4 cm³/mol. The molecule has 0 N–H and O–H groups in total. The summed E-state index contributed by atoms with van der Waals surface area (Å²) in [7, 11) is 0. The Hall–Kier alpha value is -0.260. The van der Waals surface area contributed by atoms with Crippen LogP contribution in [0.4, 0.5) is 0 Å². The highest BCUT2D eigenvalue weighted by atomic mass is 14.4. The van der Waals surface area contributed by atoms with E-state index in [2.05, 4.69) is 19.1 Å². The van der Waals surface area contributed by atoms with Crippen LogP contribution in [-0.2, 0) is 0 Å². The van der Waals surface area contributed by atoms with Crippen molar-refractivity contribution in [3.63, 3.8) is 0 Å². The average Bonchev–Trinajstić information content (AvgIpc) is 2.03. The van der Waals surface area contributed by atoms with E-state index in [0.29, 0.717) is 5.41 Å². The third kappa shape index (κ3) is 1.23. The van der Waals surface area contributed by atoms with Gasteiger partial charge in [-0.25, -0.2) is 0 Å². The van der Waals surface area contributed by atoms with E-state index in [4.69, 9.17) is 0 Å². The first-order chi connectivity index (χ1) is 5.31. The third-order valence-electron chi connectivity index (χ3n) is 3.71. The van der Waals surface area contributed by atoms with Gasteiger partial charge < -0.3 is 0 Å². The first-order valence-electron chi connectivity index (χ1n) is 4.96. The van der Waals surface area contributed by atoms with E-state index in [1.807, 2.05) is 0 Å². The summed E-state index contributed by atoms with van der Waals surface area (Å²) < 4.78 is 0. The van der Waals surface area contributed by atoms with Crippen LogP contribution in [0.15, 0.2) is 12.2 Å². The molecule has 0 aromatic rings. The van der Waals surface area contributed by atoms with Crippen molar-refractivity contribution in [3.8, 4) is 0 Å². The Kier molecular flexibility index (Phi) is 1.78. The Bertz CT molecular complexity index is 169. The van der Waals surface area contributed by atoms with E-state index >= 15 is 0 Å². The van der Waals surface area contributed by atoms with Crippen molar-refractivity contribution in [2.75, 3.05) is 0 Å². The van der Waals surface area contributed by atoms with Crippen LogP contribution in [0.25, 0.3) is 0 Å². The quantitative estimate of drug-likeness (QED) is 0.463. The number of hydrogen-bond acceptors (Lipinski definition) is 0. The van der Waals surface area contributed by atoms with Crippen molar-refractivity contribution < 1.29 is 0 Å². The summed E-state index contributed by atoms with van der Waals surface area (Å²) in [6.07, 6.45) is 13.4. The number of fused-ring (bicyclic) bond motifs is 1. The molecule has 0 aromatic heterocycles. The van der Waals surface area contributed by atoms with Crippen molar-refractivity contribution in [2.24, 2.45) is 11.3 Å².